The van der Waals surface area contributed by atoms with E-state index in [1.54, 1.807) is 0 Å². The lowest BCUT2D eigenvalue weighted by molar-refractivity contribution is -0.205. The lowest BCUT2D eigenvalue weighted by atomic mass is 10.1. The van der Waals surface area contributed by atoms with Gasteiger partial charge >= 0.3 is 13.5 Å². The molecule has 10 nitrogen and oxygen atoms in total. The fourth-order valence-corrected chi connectivity index (χ4v) is 4.61. The van der Waals surface area contributed by atoms with Crippen molar-refractivity contribution in [2.75, 3.05) is 6.61 Å². The zero-order chi connectivity index (χ0) is 24.2. The predicted octanol–water partition coefficient (Wildman–Crippen LogP) is 2.19. The smallest absolute Gasteiger partial charge is 0.404 e. The van der Waals surface area contributed by atoms with E-state index in [-0.39, 0.29) is 22.6 Å². The number of hydrogen-bond acceptors (Lipinski definition) is 9. The van der Waals surface area contributed by atoms with Crippen LogP contribution in [0.15, 0.2) is 29.2 Å². The summed E-state index contributed by atoms with van der Waals surface area (Å²) in [5.74, 6) is -1.01. The Kier molecular flexibility index (Phi) is 5.69. The number of aliphatic hydroxyl groups is 2. The van der Waals surface area contributed by atoms with Crippen LogP contribution in [-0.4, -0.2) is 44.4 Å². The third-order valence-corrected chi connectivity index (χ3v) is 6.50. The number of aliphatic hydroxyl groups excluding tert-OH is 2. The van der Waals surface area contributed by atoms with Crippen LogP contribution in [0.1, 0.15) is 18.7 Å². The molecule has 0 radical (unpaired) electrons. The third kappa shape index (κ3) is 4.14. The summed E-state index contributed by atoms with van der Waals surface area (Å²) >= 11 is 10.8. The summed E-state index contributed by atoms with van der Waals surface area (Å²) in [6.07, 6.45) is -1.40. The molecule has 0 saturated carbocycles. The molecule has 32 heavy (non-hydrogen) atoms. The van der Waals surface area contributed by atoms with Crippen molar-refractivity contribution in [3.8, 4) is 18.1 Å². The van der Waals surface area contributed by atoms with Gasteiger partial charge in [-0.25, -0.2) is 13.8 Å². The molecule has 5 atom stereocenters. The van der Waals surface area contributed by atoms with E-state index in [9.17, 15) is 19.6 Å². The van der Waals surface area contributed by atoms with Crippen molar-refractivity contribution in [2.45, 2.75) is 30.9 Å². The van der Waals surface area contributed by atoms with E-state index in [0.29, 0.717) is 15.2 Å². The number of aromatic nitrogens is 2. The number of halogens is 2. The number of terminal acetylenes is 1. The molecular weight excluding hydrogens is 490 g/mol. The van der Waals surface area contributed by atoms with Gasteiger partial charge in [-0.3, -0.25) is 18.6 Å². The van der Waals surface area contributed by atoms with Crippen molar-refractivity contribution in [1.29, 1.82) is 0 Å². The molecule has 0 spiro atoms. The van der Waals surface area contributed by atoms with Gasteiger partial charge in [0.15, 0.2) is 6.20 Å². The van der Waals surface area contributed by atoms with E-state index < -0.39 is 44.4 Å². The summed E-state index contributed by atoms with van der Waals surface area (Å²) in [6, 6.07) is 4.39. The second-order valence-corrected chi connectivity index (χ2v) is 9.21. The minimum absolute atomic E-state index is 0.0543. The SMILES string of the molecule is [2H][C@@]1(n2cc(C#C)c(=S)[nH]c2=O)O[C@](F)(COP2(=O)OCc3cc(Cl)ccc3O2)[C@@H](O)[C@H]1O. The van der Waals surface area contributed by atoms with Crippen LogP contribution in [0.25, 0.3) is 0 Å². The molecular formula is C18H15ClFN2O8PS. The highest BCUT2D eigenvalue weighted by atomic mass is 35.5. The first-order valence-electron chi connectivity index (χ1n) is 9.36. The number of fused-ring (bicyclic) bond motifs is 1. The first-order valence-corrected chi connectivity index (χ1v) is 11.1. The number of benzene rings is 1. The van der Waals surface area contributed by atoms with Crippen molar-refractivity contribution < 1.29 is 38.8 Å². The van der Waals surface area contributed by atoms with E-state index in [2.05, 4.69) is 10.9 Å². The number of aromatic amines is 1. The Labute approximate surface area is 191 Å². The molecule has 0 aliphatic carbocycles. The van der Waals surface area contributed by atoms with Gasteiger partial charge in [0.25, 0.3) is 5.85 Å². The molecule has 2 aliphatic heterocycles. The topological polar surface area (TPSA) is 132 Å². The van der Waals surface area contributed by atoms with E-state index in [0.717, 1.165) is 6.20 Å². The first-order chi connectivity index (χ1) is 15.4. The monoisotopic (exact) mass is 505 g/mol. The van der Waals surface area contributed by atoms with E-state index in [1.165, 1.54) is 18.2 Å². The molecule has 1 fully saturated rings. The Morgan fingerprint density at radius 3 is 3.03 bits per heavy atom. The molecule has 1 saturated heterocycles. The number of phosphoric ester groups is 1. The Morgan fingerprint density at radius 1 is 1.56 bits per heavy atom. The normalized spacial score (nSPS) is 34.3. The molecule has 14 heteroatoms. The maximum Gasteiger partial charge on any atom is 0.530 e. The summed E-state index contributed by atoms with van der Waals surface area (Å²) in [6.45, 7) is -1.51. The Morgan fingerprint density at radius 2 is 2.31 bits per heavy atom. The second-order valence-electron chi connectivity index (χ2n) is 6.77. The Hall–Kier alpha value is -2.07. The maximum atomic E-state index is 15.5. The van der Waals surface area contributed by atoms with E-state index in [4.69, 9.17) is 49.9 Å². The zero-order valence-corrected chi connectivity index (χ0v) is 18.3. The lowest BCUT2D eigenvalue weighted by Gasteiger charge is -2.28. The quantitative estimate of drug-likeness (QED) is 0.325. The highest BCUT2D eigenvalue weighted by molar-refractivity contribution is 7.71. The summed E-state index contributed by atoms with van der Waals surface area (Å²) in [5, 5.41) is 21.0. The van der Waals surface area contributed by atoms with Crippen molar-refractivity contribution >= 4 is 31.6 Å². The number of nitrogens with zero attached hydrogens (tertiary/aromatic N) is 1. The van der Waals surface area contributed by atoms with Gasteiger partial charge in [0.2, 0.25) is 0 Å². The van der Waals surface area contributed by atoms with Gasteiger partial charge in [-0.05, 0) is 18.2 Å². The van der Waals surface area contributed by atoms with Gasteiger partial charge in [0, 0.05) is 16.8 Å². The summed E-state index contributed by atoms with van der Waals surface area (Å²) < 4.78 is 57.1. The minimum atomic E-state index is -4.38. The number of hydrogen-bond donors (Lipinski definition) is 3. The standard InChI is InChI=1S/C18H15ClFN2O8PS/c1-2-9-6-22(17(25)21-15(9)32)16-13(23)14(24)18(20,29-16)8-28-31(26)27-7-10-5-11(19)3-4-12(10)30-31/h1,3-6,13-14,16,23-24H,7-8H2,(H,21,25,32)/t13-,14+,16-,18-,31?/m1/s1/i16D. The van der Waals surface area contributed by atoms with Crippen LogP contribution in [-0.2, 0) is 25.0 Å². The largest absolute Gasteiger partial charge is 0.530 e. The van der Waals surface area contributed by atoms with E-state index in [1.807, 2.05) is 0 Å². The fourth-order valence-electron chi connectivity index (χ4n) is 2.99. The average molecular weight is 506 g/mol. The molecule has 0 bridgehead atoms. The third-order valence-electron chi connectivity index (χ3n) is 4.63. The average Bonchev–Trinajstić information content (AvgIpc) is 2.94. The second kappa shape index (κ2) is 8.37. The van der Waals surface area contributed by atoms with Crippen molar-refractivity contribution in [2.24, 2.45) is 0 Å². The lowest BCUT2D eigenvalue weighted by Crippen LogP contribution is -2.43. The van der Waals surface area contributed by atoms with E-state index >= 15 is 4.39 Å². The fraction of sp³-hybridized carbons (Fsp3) is 0.333. The van der Waals surface area contributed by atoms with Crippen molar-refractivity contribution in [3.63, 3.8) is 0 Å². The predicted molar refractivity (Wildman–Crippen MR) is 110 cm³/mol. The van der Waals surface area contributed by atoms with Crippen molar-refractivity contribution in [3.05, 3.63) is 55.7 Å². The molecule has 2 aromatic rings. The van der Waals surface area contributed by atoms with Crippen molar-refractivity contribution in [1.82, 2.24) is 9.55 Å². The molecule has 3 heterocycles. The van der Waals surface area contributed by atoms with Gasteiger partial charge < -0.3 is 19.5 Å². The summed E-state index contributed by atoms with van der Waals surface area (Å²) in [7, 11) is -4.38. The van der Waals surface area contributed by atoms with Gasteiger partial charge in [-0.2, -0.15) is 0 Å². The molecule has 3 N–H and O–H groups in total. The molecule has 4 rings (SSSR count). The van der Waals surface area contributed by atoms with Crippen LogP contribution in [0.3, 0.4) is 0 Å². The molecule has 170 valence electrons. The maximum absolute atomic E-state index is 15.5. The van der Waals surface area contributed by atoms with Crippen LogP contribution in [0, 0.1) is 17.0 Å². The first kappa shape index (κ1) is 21.8. The number of rotatable bonds is 4. The molecule has 2 aliphatic rings. The number of ether oxygens (including phenoxy) is 1. The number of H-pyrrole nitrogens is 1. The summed E-state index contributed by atoms with van der Waals surface area (Å²) in [4.78, 5) is 14.5. The molecule has 1 aromatic heterocycles. The Bertz CT molecular complexity index is 1330. The molecule has 0 amide bonds. The van der Waals surface area contributed by atoms with Gasteiger partial charge in [0.05, 0.1) is 13.5 Å². The number of nitrogens with one attached hydrogen (secondary N) is 1. The highest BCUT2D eigenvalue weighted by Crippen LogP contribution is 2.56. The van der Waals surface area contributed by atoms with Crippen LogP contribution in [0.2, 0.25) is 5.02 Å². The number of phosphoric acid groups is 1. The highest BCUT2D eigenvalue weighted by Gasteiger charge is 2.57. The number of alkyl halides is 1. The van der Waals surface area contributed by atoms with Crippen LogP contribution in [0.4, 0.5) is 4.39 Å². The zero-order valence-electron chi connectivity index (χ0n) is 16.9. The van der Waals surface area contributed by atoms with Gasteiger partial charge in [-0.15, -0.1) is 6.42 Å². The molecule has 1 aromatic carbocycles. The van der Waals surface area contributed by atoms with Crippen LogP contribution in [0.5, 0.6) is 5.75 Å². The van der Waals surface area contributed by atoms with Crippen LogP contribution < -0.4 is 10.2 Å². The Balaban J connectivity index is 1.58. The summed E-state index contributed by atoms with van der Waals surface area (Å²) in [5.41, 5.74) is -0.649. The van der Waals surface area contributed by atoms with Gasteiger partial charge in [0.1, 0.15) is 29.2 Å². The minimum Gasteiger partial charge on any atom is -0.404 e. The molecule has 1 unspecified atom stereocenters. The van der Waals surface area contributed by atoms with Crippen LogP contribution >= 0.6 is 31.6 Å². The van der Waals surface area contributed by atoms with Gasteiger partial charge in [-0.1, -0.05) is 29.7 Å².